The van der Waals surface area contributed by atoms with Crippen LogP contribution >= 0.6 is 0 Å². The number of nitrogens with zero attached hydrogens (tertiary/aromatic N) is 3. The Morgan fingerprint density at radius 1 is 1.21 bits per heavy atom. The third-order valence-electron chi connectivity index (χ3n) is 4.91. The molecule has 0 bridgehead atoms. The fourth-order valence-electron chi connectivity index (χ4n) is 3.48. The van der Waals surface area contributed by atoms with Crippen LogP contribution in [0.3, 0.4) is 0 Å². The van der Waals surface area contributed by atoms with E-state index < -0.39 is 10.0 Å². The van der Waals surface area contributed by atoms with Crippen LogP contribution < -0.4 is 4.90 Å². The van der Waals surface area contributed by atoms with Crippen LogP contribution in [0.5, 0.6) is 0 Å². The first kappa shape index (κ1) is 17.6. The number of rotatable bonds is 4. The van der Waals surface area contributed by atoms with Gasteiger partial charge in [0.1, 0.15) is 11.9 Å². The van der Waals surface area contributed by atoms with Crippen molar-refractivity contribution < 1.29 is 13.2 Å². The molecule has 1 aliphatic carbocycles. The first-order chi connectivity index (χ1) is 11.5. The van der Waals surface area contributed by atoms with Crippen LogP contribution in [-0.4, -0.2) is 56.7 Å². The number of aromatic nitrogens is 1. The van der Waals surface area contributed by atoms with Crippen molar-refractivity contribution in [1.29, 1.82) is 0 Å². The summed E-state index contributed by atoms with van der Waals surface area (Å²) in [5, 5.41) is -0.217. The van der Waals surface area contributed by atoms with Crippen LogP contribution in [0.25, 0.3) is 0 Å². The first-order valence-corrected chi connectivity index (χ1v) is 10.2. The molecule has 2 aliphatic rings. The fourth-order valence-corrected chi connectivity index (χ4v) is 5.50. The van der Waals surface area contributed by atoms with Gasteiger partial charge in [-0.15, -0.1) is 0 Å². The maximum atomic E-state index is 12.9. The minimum Gasteiger partial charge on any atom is -0.369 e. The molecule has 1 saturated carbocycles. The van der Waals surface area contributed by atoms with Crippen molar-refractivity contribution in [2.75, 3.05) is 38.7 Å². The Morgan fingerprint density at radius 2 is 1.96 bits per heavy atom. The van der Waals surface area contributed by atoms with Crippen LogP contribution in [0.1, 0.15) is 43.9 Å². The van der Waals surface area contributed by atoms with Crippen LogP contribution in [0.2, 0.25) is 0 Å². The Balaban J connectivity index is 1.75. The van der Waals surface area contributed by atoms with E-state index in [0.29, 0.717) is 19.7 Å². The molecule has 7 heteroatoms. The van der Waals surface area contributed by atoms with Crippen LogP contribution in [-0.2, 0) is 14.8 Å². The van der Waals surface area contributed by atoms with E-state index in [1.54, 1.807) is 4.31 Å². The zero-order valence-electron chi connectivity index (χ0n) is 14.5. The van der Waals surface area contributed by atoms with Crippen molar-refractivity contribution in [3.8, 4) is 0 Å². The summed E-state index contributed by atoms with van der Waals surface area (Å²) in [6.45, 7) is 1.23. The minimum absolute atomic E-state index is 0.217. The summed E-state index contributed by atoms with van der Waals surface area (Å²) in [6.07, 6.45) is 4.47. The van der Waals surface area contributed by atoms with Crippen LogP contribution in [0.15, 0.2) is 18.2 Å². The Morgan fingerprint density at radius 3 is 2.67 bits per heavy atom. The van der Waals surface area contributed by atoms with Crippen molar-refractivity contribution in [2.24, 2.45) is 0 Å². The molecule has 0 amide bonds. The molecule has 1 aliphatic heterocycles. The minimum atomic E-state index is -3.24. The van der Waals surface area contributed by atoms with Crippen molar-refractivity contribution >= 4 is 15.8 Å². The molecule has 1 unspecified atom stereocenters. The van der Waals surface area contributed by atoms with Gasteiger partial charge in [-0.1, -0.05) is 25.3 Å². The summed E-state index contributed by atoms with van der Waals surface area (Å²) >= 11 is 0. The smallest absolute Gasteiger partial charge is 0.217 e. The summed E-state index contributed by atoms with van der Waals surface area (Å²) in [7, 11) is 0.639. The maximum absolute atomic E-state index is 12.9. The topological polar surface area (TPSA) is 62.7 Å². The number of sulfonamides is 1. The van der Waals surface area contributed by atoms with E-state index in [1.807, 2.05) is 37.2 Å². The third kappa shape index (κ3) is 3.73. The monoisotopic (exact) mass is 353 g/mol. The van der Waals surface area contributed by atoms with Crippen molar-refractivity contribution in [3.05, 3.63) is 23.9 Å². The van der Waals surface area contributed by atoms with Crippen LogP contribution in [0.4, 0.5) is 5.82 Å². The number of ether oxygens (including phenoxy) is 1. The summed E-state index contributed by atoms with van der Waals surface area (Å²) < 4.78 is 33.3. The van der Waals surface area contributed by atoms with Gasteiger partial charge in [-0.3, -0.25) is 0 Å². The lowest BCUT2D eigenvalue weighted by molar-refractivity contribution is -0.00527. The van der Waals surface area contributed by atoms with Gasteiger partial charge in [0, 0.05) is 27.2 Å². The number of pyridine rings is 1. The molecular weight excluding hydrogens is 326 g/mol. The highest BCUT2D eigenvalue weighted by Crippen LogP contribution is 2.30. The van der Waals surface area contributed by atoms with Gasteiger partial charge >= 0.3 is 0 Å². The molecule has 6 nitrogen and oxygen atoms in total. The molecule has 2 fully saturated rings. The lowest BCUT2D eigenvalue weighted by atomic mass is 10.0. The Hall–Kier alpha value is -1.18. The molecule has 3 rings (SSSR count). The molecule has 0 aromatic carbocycles. The molecule has 1 atom stereocenters. The molecule has 0 N–H and O–H groups in total. The maximum Gasteiger partial charge on any atom is 0.217 e. The zero-order chi connectivity index (χ0) is 17.2. The number of anilines is 1. The zero-order valence-corrected chi connectivity index (χ0v) is 15.3. The second-order valence-electron chi connectivity index (χ2n) is 6.84. The van der Waals surface area contributed by atoms with Crippen molar-refractivity contribution in [2.45, 2.75) is 43.5 Å². The predicted molar refractivity (Wildman–Crippen MR) is 94.6 cm³/mol. The second-order valence-corrected chi connectivity index (χ2v) is 9.05. The van der Waals surface area contributed by atoms with Crippen molar-refractivity contribution in [1.82, 2.24) is 9.29 Å². The number of hydrogen-bond donors (Lipinski definition) is 0. The van der Waals surface area contributed by atoms with Gasteiger partial charge in [-0.05, 0) is 25.0 Å². The quantitative estimate of drug-likeness (QED) is 0.830. The highest BCUT2D eigenvalue weighted by atomic mass is 32.2. The van der Waals surface area contributed by atoms with E-state index in [1.165, 1.54) is 0 Å². The predicted octanol–water partition coefficient (Wildman–Crippen LogP) is 2.18. The largest absolute Gasteiger partial charge is 0.369 e. The summed E-state index contributed by atoms with van der Waals surface area (Å²) in [4.78, 5) is 6.54. The molecule has 134 valence electrons. The third-order valence-corrected chi connectivity index (χ3v) is 7.27. The van der Waals surface area contributed by atoms with Crippen LogP contribution in [0, 0.1) is 0 Å². The van der Waals surface area contributed by atoms with Gasteiger partial charge in [-0.2, -0.15) is 4.31 Å². The fraction of sp³-hybridized carbons (Fsp3) is 0.706. The molecule has 1 saturated heterocycles. The Kier molecular flexibility index (Phi) is 5.42. The van der Waals surface area contributed by atoms with Gasteiger partial charge in [0.05, 0.1) is 17.6 Å². The lowest BCUT2D eigenvalue weighted by Gasteiger charge is -2.35. The average molecular weight is 353 g/mol. The van der Waals surface area contributed by atoms with E-state index in [0.717, 1.165) is 43.6 Å². The number of hydrogen-bond acceptors (Lipinski definition) is 5. The highest BCUT2D eigenvalue weighted by molar-refractivity contribution is 7.89. The summed E-state index contributed by atoms with van der Waals surface area (Å²) in [6, 6.07) is 5.78. The standard InChI is InChI=1S/C17H27N3O3S/c1-19(2)17-10-6-9-15(18-17)16-13-20(11-12-23-16)24(21,22)14-7-4-3-5-8-14/h6,9-10,14,16H,3-5,7-8,11-13H2,1-2H3. The Labute approximate surface area is 144 Å². The number of morpholine rings is 1. The molecule has 1 aromatic heterocycles. The molecule has 2 heterocycles. The van der Waals surface area contributed by atoms with E-state index in [4.69, 9.17) is 4.74 Å². The van der Waals surface area contributed by atoms with Gasteiger partial charge in [0.15, 0.2) is 0 Å². The van der Waals surface area contributed by atoms with Gasteiger partial charge in [0.25, 0.3) is 0 Å². The van der Waals surface area contributed by atoms with E-state index in [2.05, 4.69) is 4.98 Å². The lowest BCUT2D eigenvalue weighted by Crippen LogP contribution is -2.46. The van der Waals surface area contributed by atoms with Gasteiger partial charge in [0.2, 0.25) is 10.0 Å². The molecule has 0 radical (unpaired) electrons. The average Bonchev–Trinajstić information content (AvgIpc) is 2.62. The summed E-state index contributed by atoms with van der Waals surface area (Å²) in [5.41, 5.74) is 0.796. The van der Waals surface area contributed by atoms with Gasteiger partial charge in [-0.25, -0.2) is 13.4 Å². The van der Waals surface area contributed by atoms with E-state index in [-0.39, 0.29) is 11.4 Å². The molecule has 0 spiro atoms. The first-order valence-electron chi connectivity index (χ1n) is 8.73. The highest BCUT2D eigenvalue weighted by Gasteiger charge is 2.36. The van der Waals surface area contributed by atoms with Gasteiger partial charge < -0.3 is 9.64 Å². The van der Waals surface area contributed by atoms with Crippen molar-refractivity contribution in [3.63, 3.8) is 0 Å². The molecule has 1 aromatic rings. The van der Waals surface area contributed by atoms with E-state index >= 15 is 0 Å². The van der Waals surface area contributed by atoms with E-state index in [9.17, 15) is 8.42 Å². The SMILES string of the molecule is CN(C)c1cccc(C2CN(S(=O)(=O)C3CCCCC3)CCO2)n1. The Bertz CT molecular complexity index is 657. The molecular formula is C17H27N3O3S. The second kappa shape index (κ2) is 7.37. The normalized spacial score (nSPS) is 24.0. The molecule has 24 heavy (non-hydrogen) atoms. The summed E-state index contributed by atoms with van der Waals surface area (Å²) in [5.74, 6) is 0.850.